The third kappa shape index (κ3) is 3.79. The van der Waals surface area contributed by atoms with E-state index < -0.39 is 6.10 Å². The fourth-order valence-electron chi connectivity index (χ4n) is 4.63. The third-order valence-corrected chi connectivity index (χ3v) is 6.32. The van der Waals surface area contributed by atoms with E-state index in [-0.39, 0.29) is 0 Å². The molecule has 1 aliphatic rings. The number of rotatable bonds is 5. The molecule has 4 aromatic rings. The SMILES string of the molecule is OC(CN1CCN(c2cccc(Cl)c2)CC1)Cn1c2ccccc2c2ccccc21. The molecule has 0 radical (unpaired) electrons. The van der Waals surface area contributed by atoms with E-state index in [4.69, 9.17) is 11.6 Å². The number of piperazine rings is 1. The number of hydrogen-bond donors (Lipinski definition) is 1. The lowest BCUT2D eigenvalue weighted by Crippen LogP contribution is -2.49. The van der Waals surface area contributed by atoms with Crippen LogP contribution in [0.15, 0.2) is 72.8 Å². The molecule has 3 aromatic carbocycles. The predicted molar refractivity (Wildman–Crippen MR) is 126 cm³/mol. The number of fused-ring (bicyclic) bond motifs is 3. The molecule has 1 aliphatic heterocycles. The fourth-order valence-corrected chi connectivity index (χ4v) is 4.81. The number of benzene rings is 3. The molecule has 1 unspecified atom stereocenters. The number of nitrogens with zero attached hydrogens (tertiary/aromatic N) is 3. The van der Waals surface area contributed by atoms with Gasteiger partial charge in [0, 0.05) is 65.2 Å². The molecule has 0 bridgehead atoms. The van der Waals surface area contributed by atoms with Crippen LogP contribution >= 0.6 is 11.6 Å². The first-order valence-electron chi connectivity index (χ1n) is 10.6. The number of β-amino-alcohol motifs (C(OH)–C–C–N with tert-alkyl or cyclic N) is 1. The Kier molecular flexibility index (Phi) is 5.38. The first-order valence-corrected chi connectivity index (χ1v) is 10.9. The third-order valence-electron chi connectivity index (χ3n) is 6.09. The maximum Gasteiger partial charge on any atom is 0.0845 e. The van der Waals surface area contributed by atoms with E-state index in [0.717, 1.165) is 31.2 Å². The van der Waals surface area contributed by atoms with Crippen molar-refractivity contribution >= 4 is 39.1 Å². The molecular formula is C25H26ClN3O. The van der Waals surface area contributed by atoms with Gasteiger partial charge in [0.05, 0.1) is 12.6 Å². The number of aliphatic hydroxyl groups is 1. The van der Waals surface area contributed by atoms with E-state index >= 15 is 0 Å². The lowest BCUT2D eigenvalue weighted by atomic mass is 10.2. The number of anilines is 1. The highest BCUT2D eigenvalue weighted by atomic mass is 35.5. The largest absolute Gasteiger partial charge is 0.390 e. The molecule has 0 aliphatic carbocycles. The van der Waals surface area contributed by atoms with Gasteiger partial charge in [-0.2, -0.15) is 0 Å². The summed E-state index contributed by atoms with van der Waals surface area (Å²) >= 11 is 6.14. The zero-order valence-electron chi connectivity index (χ0n) is 16.9. The zero-order valence-corrected chi connectivity index (χ0v) is 17.7. The number of aromatic nitrogens is 1. The smallest absolute Gasteiger partial charge is 0.0845 e. The highest BCUT2D eigenvalue weighted by Crippen LogP contribution is 2.29. The van der Waals surface area contributed by atoms with Crippen LogP contribution in [0.2, 0.25) is 5.02 Å². The molecule has 4 nitrogen and oxygen atoms in total. The lowest BCUT2D eigenvalue weighted by molar-refractivity contribution is 0.0969. The second-order valence-electron chi connectivity index (χ2n) is 8.07. The summed E-state index contributed by atoms with van der Waals surface area (Å²) < 4.78 is 2.26. The molecule has 5 heteroatoms. The highest BCUT2D eigenvalue weighted by Gasteiger charge is 2.21. The Bertz CT molecular complexity index is 1110. The molecule has 5 rings (SSSR count). The molecule has 154 valence electrons. The summed E-state index contributed by atoms with van der Waals surface area (Å²) in [5.41, 5.74) is 3.54. The summed E-state index contributed by atoms with van der Waals surface area (Å²) in [4.78, 5) is 4.72. The van der Waals surface area contributed by atoms with Crippen molar-refractivity contribution < 1.29 is 5.11 Å². The minimum atomic E-state index is -0.415. The summed E-state index contributed by atoms with van der Waals surface area (Å²) in [6.45, 7) is 5.06. The second kappa shape index (κ2) is 8.31. The predicted octanol–water partition coefficient (Wildman–Crippen LogP) is 4.63. The van der Waals surface area contributed by atoms with E-state index in [1.165, 1.54) is 27.5 Å². The zero-order chi connectivity index (χ0) is 20.5. The van der Waals surface area contributed by atoms with E-state index in [2.05, 4.69) is 69.0 Å². The fraction of sp³-hybridized carbons (Fsp3) is 0.280. The lowest BCUT2D eigenvalue weighted by Gasteiger charge is -2.37. The van der Waals surface area contributed by atoms with Crippen LogP contribution in [0.25, 0.3) is 21.8 Å². The molecule has 0 spiro atoms. The van der Waals surface area contributed by atoms with Gasteiger partial charge in [-0.25, -0.2) is 0 Å². The minimum absolute atomic E-state index is 0.415. The summed E-state index contributed by atoms with van der Waals surface area (Å²) in [6.07, 6.45) is -0.415. The summed E-state index contributed by atoms with van der Waals surface area (Å²) in [7, 11) is 0. The van der Waals surface area contributed by atoms with Crippen LogP contribution < -0.4 is 4.90 Å². The Labute approximate surface area is 181 Å². The van der Waals surface area contributed by atoms with Crippen molar-refractivity contribution in [2.75, 3.05) is 37.6 Å². The minimum Gasteiger partial charge on any atom is -0.390 e. The molecule has 1 saturated heterocycles. The van der Waals surface area contributed by atoms with Crippen molar-refractivity contribution in [2.24, 2.45) is 0 Å². The number of para-hydroxylation sites is 2. The molecule has 0 saturated carbocycles. The monoisotopic (exact) mass is 419 g/mol. The van der Waals surface area contributed by atoms with Crippen molar-refractivity contribution in [3.8, 4) is 0 Å². The second-order valence-corrected chi connectivity index (χ2v) is 8.50. The van der Waals surface area contributed by atoms with Gasteiger partial charge < -0.3 is 14.6 Å². The van der Waals surface area contributed by atoms with Gasteiger partial charge in [-0.15, -0.1) is 0 Å². The summed E-state index contributed by atoms with van der Waals surface area (Å²) in [5.74, 6) is 0. The Morgan fingerprint density at radius 2 is 1.40 bits per heavy atom. The Balaban J connectivity index is 1.26. The van der Waals surface area contributed by atoms with Gasteiger partial charge in [0.25, 0.3) is 0 Å². The van der Waals surface area contributed by atoms with Crippen molar-refractivity contribution in [1.29, 1.82) is 0 Å². The van der Waals surface area contributed by atoms with Gasteiger partial charge in [0.2, 0.25) is 0 Å². The molecule has 0 amide bonds. The Hall–Kier alpha value is -2.53. The summed E-state index contributed by atoms with van der Waals surface area (Å²) in [5, 5.41) is 14.2. The van der Waals surface area contributed by atoms with Crippen LogP contribution in [0, 0.1) is 0 Å². The van der Waals surface area contributed by atoms with Gasteiger partial charge >= 0.3 is 0 Å². The number of aliphatic hydroxyl groups excluding tert-OH is 1. The van der Waals surface area contributed by atoms with Crippen LogP contribution in [0.4, 0.5) is 5.69 Å². The van der Waals surface area contributed by atoms with Crippen LogP contribution in [-0.2, 0) is 6.54 Å². The average Bonchev–Trinajstić information content (AvgIpc) is 3.08. The average molecular weight is 420 g/mol. The van der Waals surface area contributed by atoms with E-state index in [1.54, 1.807) is 0 Å². The molecule has 30 heavy (non-hydrogen) atoms. The van der Waals surface area contributed by atoms with E-state index in [0.29, 0.717) is 13.1 Å². The van der Waals surface area contributed by atoms with Gasteiger partial charge in [0.15, 0.2) is 0 Å². The highest BCUT2D eigenvalue weighted by molar-refractivity contribution is 6.30. The maximum atomic E-state index is 10.9. The van der Waals surface area contributed by atoms with Crippen molar-refractivity contribution in [3.05, 3.63) is 77.8 Å². The Morgan fingerprint density at radius 1 is 0.767 bits per heavy atom. The van der Waals surface area contributed by atoms with Crippen LogP contribution in [0.5, 0.6) is 0 Å². The molecule has 2 heterocycles. The van der Waals surface area contributed by atoms with Crippen LogP contribution in [0.3, 0.4) is 0 Å². The molecular weight excluding hydrogens is 394 g/mol. The van der Waals surface area contributed by atoms with Crippen LogP contribution in [-0.4, -0.2) is 53.4 Å². The van der Waals surface area contributed by atoms with Crippen molar-refractivity contribution in [2.45, 2.75) is 12.6 Å². The first-order chi connectivity index (χ1) is 14.7. The molecule has 1 N–H and O–H groups in total. The molecule has 1 aromatic heterocycles. The van der Waals surface area contributed by atoms with Gasteiger partial charge in [-0.05, 0) is 30.3 Å². The van der Waals surface area contributed by atoms with E-state index in [1.807, 2.05) is 18.2 Å². The van der Waals surface area contributed by atoms with E-state index in [9.17, 15) is 5.11 Å². The summed E-state index contributed by atoms with van der Waals surface area (Å²) in [6, 6.07) is 24.9. The standard InChI is InChI=1S/C25H26ClN3O/c26-19-6-5-7-20(16-19)28-14-12-27(13-15-28)17-21(30)18-29-24-10-3-1-8-22(24)23-9-2-4-11-25(23)29/h1-11,16,21,30H,12-15,17-18H2. The van der Waals surface area contributed by atoms with Gasteiger partial charge in [-0.3, -0.25) is 4.90 Å². The molecule has 1 atom stereocenters. The van der Waals surface area contributed by atoms with Crippen molar-refractivity contribution in [3.63, 3.8) is 0 Å². The maximum absolute atomic E-state index is 10.9. The molecule has 1 fully saturated rings. The van der Waals surface area contributed by atoms with Gasteiger partial charge in [-0.1, -0.05) is 54.1 Å². The quantitative estimate of drug-likeness (QED) is 0.511. The van der Waals surface area contributed by atoms with Crippen molar-refractivity contribution in [1.82, 2.24) is 9.47 Å². The Morgan fingerprint density at radius 3 is 2.03 bits per heavy atom. The number of halogens is 1. The first kappa shape index (κ1) is 19.4. The van der Waals surface area contributed by atoms with Gasteiger partial charge in [0.1, 0.15) is 0 Å². The topological polar surface area (TPSA) is 31.6 Å². The van der Waals surface area contributed by atoms with Crippen LogP contribution in [0.1, 0.15) is 0 Å². The number of hydrogen-bond acceptors (Lipinski definition) is 3. The normalized spacial score (nSPS) is 16.4.